The lowest BCUT2D eigenvalue weighted by Gasteiger charge is -2.17. The minimum absolute atomic E-state index is 0.0875. The Morgan fingerprint density at radius 1 is 1.19 bits per heavy atom. The van der Waals surface area contributed by atoms with Crippen molar-refractivity contribution in [1.82, 2.24) is 5.32 Å². The summed E-state index contributed by atoms with van der Waals surface area (Å²) >= 11 is 0. The average Bonchev–Trinajstić information content (AvgIpc) is 3.28. The van der Waals surface area contributed by atoms with Crippen molar-refractivity contribution in [2.45, 2.75) is 12.8 Å². The van der Waals surface area contributed by atoms with Crippen LogP contribution in [-0.2, 0) is 16.0 Å². The van der Waals surface area contributed by atoms with Crippen LogP contribution in [0.1, 0.15) is 12.0 Å². The fraction of sp³-hybridized carbons (Fsp3) is 0.300. The van der Waals surface area contributed by atoms with Crippen molar-refractivity contribution >= 4 is 17.5 Å². The molecule has 2 aromatic carbocycles. The van der Waals surface area contributed by atoms with Gasteiger partial charge in [-0.3, -0.25) is 9.59 Å². The second-order valence-electron chi connectivity index (χ2n) is 6.59. The Hall–Kier alpha value is -3.09. The number of amides is 2. The van der Waals surface area contributed by atoms with E-state index in [4.69, 9.17) is 9.47 Å². The summed E-state index contributed by atoms with van der Waals surface area (Å²) in [6.07, 6.45) is 0.726. The smallest absolute Gasteiger partial charge is 0.231 e. The molecule has 2 aliphatic rings. The number of benzene rings is 2. The molecule has 140 valence electrons. The van der Waals surface area contributed by atoms with Gasteiger partial charge in [-0.2, -0.15) is 0 Å². The highest BCUT2D eigenvalue weighted by Gasteiger charge is 2.35. The van der Waals surface area contributed by atoms with E-state index in [0.29, 0.717) is 18.7 Å². The van der Waals surface area contributed by atoms with Crippen LogP contribution in [0, 0.1) is 11.7 Å². The highest BCUT2D eigenvalue weighted by Crippen LogP contribution is 2.32. The summed E-state index contributed by atoms with van der Waals surface area (Å²) < 4.78 is 24.5. The number of nitrogens with one attached hydrogen (secondary N) is 1. The number of hydrogen-bond acceptors (Lipinski definition) is 4. The largest absolute Gasteiger partial charge is 0.454 e. The summed E-state index contributed by atoms with van der Waals surface area (Å²) in [5.41, 5.74) is 1.24. The molecular formula is C20H19FN2O4. The lowest BCUT2D eigenvalue weighted by Crippen LogP contribution is -2.34. The third-order valence-corrected chi connectivity index (χ3v) is 4.79. The zero-order chi connectivity index (χ0) is 18.8. The van der Waals surface area contributed by atoms with E-state index in [9.17, 15) is 14.0 Å². The Labute approximate surface area is 155 Å². The maximum Gasteiger partial charge on any atom is 0.231 e. The number of fused-ring (bicyclic) bond motifs is 1. The normalized spacial score (nSPS) is 18.0. The van der Waals surface area contributed by atoms with Crippen LogP contribution < -0.4 is 19.7 Å². The first-order valence-electron chi connectivity index (χ1n) is 8.83. The van der Waals surface area contributed by atoms with E-state index in [1.54, 1.807) is 18.2 Å². The van der Waals surface area contributed by atoms with Gasteiger partial charge < -0.3 is 19.7 Å². The van der Waals surface area contributed by atoms with E-state index in [2.05, 4.69) is 5.32 Å². The van der Waals surface area contributed by atoms with E-state index in [0.717, 1.165) is 11.3 Å². The van der Waals surface area contributed by atoms with Crippen LogP contribution in [0.25, 0.3) is 0 Å². The summed E-state index contributed by atoms with van der Waals surface area (Å²) in [7, 11) is 0. The van der Waals surface area contributed by atoms with E-state index in [1.165, 1.54) is 11.0 Å². The maximum absolute atomic E-state index is 13.9. The average molecular weight is 370 g/mol. The Balaban J connectivity index is 1.31. The van der Waals surface area contributed by atoms with Crippen LogP contribution >= 0.6 is 0 Å². The molecule has 0 aliphatic carbocycles. The molecule has 0 spiro atoms. The molecular weight excluding hydrogens is 351 g/mol. The number of halogens is 1. The van der Waals surface area contributed by atoms with Gasteiger partial charge in [-0.15, -0.1) is 0 Å². The van der Waals surface area contributed by atoms with Crippen molar-refractivity contribution in [3.8, 4) is 11.5 Å². The predicted molar refractivity (Wildman–Crippen MR) is 96.1 cm³/mol. The van der Waals surface area contributed by atoms with Gasteiger partial charge in [-0.05, 0) is 36.2 Å². The monoisotopic (exact) mass is 370 g/mol. The molecule has 7 heteroatoms. The van der Waals surface area contributed by atoms with Crippen molar-refractivity contribution < 1.29 is 23.5 Å². The minimum atomic E-state index is -0.478. The van der Waals surface area contributed by atoms with Crippen LogP contribution in [-0.4, -0.2) is 31.7 Å². The van der Waals surface area contributed by atoms with E-state index in [1.807, 2.05) is 18.2 Å². The lowest BCUT2D eigenvalue weighted by molar-refractivity contribution is -0.126. The summed E-state index contributed by atoms with van der Waals surface area (Å²) in [4.78, 5) is 25.9. The molecule has 0 radical (unpaired) electrons. The Morgan fingerprint density at radius 3 is 2.85 bits per heavy atom. The minimum Gasteiger partial charge on any atom is -0.454 e. The zero-order valence-electron chi connectivity index (χ0n) is 14.6. The standard InChI is InChI=1S/C20H19FN2O4/c21-15-3-1-2-4-16(15)23-11-14(10-19(23)24)20(25)22-8-7-13-5-6-17-18(9-13)27-12-26-17/h1-6,9,14H,7-8,10-12H2,(H,22,25)/t14-/m1/s1. The molecule has 2 aromatic rings. The van der Waals surface area contributed by atoms with Crippen LogP contribution in [0.5, 0.6) is 11.5 Å². The fourth-order valence-electron chi connectivity index (χ4n) is 3.36. The number of carbonyl (C=O) groups is 2. The molecule has 0 aromatic heterocycles. The van der Waals surface area contributed by atoms with Crippen molar-refractivity contribution in [1.29, 1.82) is 0 Å². The molecule has 2 amide bonds. The molecule has 0 unspecified atom stereocenters. The number of rotatable bonds is 5. The van der Waals surface area contributed by atoms with Crippen molar-refractivity contribution in [3.05, 3.63) is 53.8 Å². The van der Waals surface area contributed by atoms with Gasteiger partial charge in [0.1, 0.15) is 5.82 Å². The summed E-state index contributed by atoms with van der Waals surface area (Å²) in [6, 6.07) is 11.8. The Kier molecular flexibility index (Phi) is 4.66. The van der Waals surface area contributed by atoms with Crippen LogP contribution in [0.2, 0.25) is 0 Å². The molecule has 2 heterocycles. The van der Waals surface area contributed by atoms with E-state index < -0.39 is 11.7 Å². The molecule has 27 heavy (non-hydrogen) atoms. The van der Waals surface area contributed by atoms with Crippen LogP contribution in [0.3, 0.4) is 0 Å². The number of hydrogen-bond donors (Lipinski definition) is 1. The van der Waals surface area contributed by atoms with Crippen molar-refractivity contribution in [2.24, 2.45) is 5.92 Å². The second kappa shape index (κ2) is 7.26. The number of nitrogens with zero attached hydrogens (tertiary/aromatic N) is 1. The van der Waals surface area contributed by atoms with Crippen molar-refractivity contribution in [2.75, 3.05) is 24.8 Å². The van der Waals surface area contributed by atoms with Gasteiger partial charge >= 0.3 is 0 Å². The molecule has 1 saturated heterocycles. The first-order chi connectivity index (χ1) is 13.1. The van der Waals surface area contributed by atoms with Gasteiger partial charge in [-0.1, -0.05) is 18.2 Å². The molecule has 1 fully saturated rings. The van der Waals surface area contributed by atoms with Gasteiger partial charge in [-0.25, -0.2) is 4.39 Å². The molecule has 6 nitrogen and oxygen atoms in total. The first kappa shape index (κ1) is 17.3. The quantitative estimate of drug-likeness (QED) is 0.877. The summed E-state index contributed by atoms with van der Waals surface area (Å²) in [6.45, 7) is 0.863. The first-order valence-corrected chi connectivity index (χ1v) is 8.83. The van der Waals surface area contributed by atoms with E-state index >= 15 is 0 Å². The molecule has 1 atom stereocenters. The Morgan fingerprint density at radius 2 is 2.00 bits per heavy atom. The number of ether oxygens (including phenoxy) is 2. The molecule has 0 saturated carbocycles. The molecule has 0 bridgehead atoms. The van der Waals surface area contributed by atoms with Gasteiger partial charge in [0.15, 0.2) is 11.5 Å². The number of para-hydroxylation sites is 1. The van der Waals surface area contributed by atoms with E-state index in [-0.39, 0.29) is 37.3 Å². The highest BCUT2D eigenvalue weighted by molar-refractivity contribution is 6.00. The third-order valence-electron chi connectivity index (χ3n) is 4.79. The van der Waals surface area contributed by atoms with Crippen molar-refractivity contribution in [3.63, 3.8) is 0 Å². The topological polar surface area (TPSA) is 67.9 Å². The highest BCUT2D eigenvalue weighted by atomic mass is 19.1. The van der Waals surface area contributed by atoms with Gasteiger partial charge in [0.2, 0.25) is 18.6 Å². The summed E-state index contributed by atoms with van der Waals surface area (Å²) in [5, 5.41) is 2.86. The summed E-state index contributed by atoms with van der Waals surface area (Å²) in [5.74, 6) is 0.0590. The molecule has 4 rings (SSSR count). The third kappa shape index (κ3) is 3.58. The Bertz CT molecular complexity index is 886. The molecule has 1 N–H and O–H groups in total. The lowest BCUT2D eigenvalue weighted by atomic mass is 10.1. The van der Waals surface area contributed by atoms with Gasteiger partial charge in [0, 0.05) is 19.5 Å². The maximum atomic E-state index is 13.9. The predicted octanol–water partition coefficient (Wildman–Crippen LogP) is 2.27. The second-order valence-corrected chi connectivity index (χ2v) is 6.59. The number of carbonyl (C=O) groups excluding carboxylic acids is 2. The van der Waals surface area contributed by atoms with Gasteiger partial charge in [0.25, 0.3) is 0 Å². The SMILES string of the molecule is O=C(NCCc1ccc2c(c1)OCO2)[C@@H]1CC(=O)N(c2ccccc2F)C1. The van der Waals surface area contributed by atoms with Crippen LogP contribution in [0.4, 0.5) is 10.1 Å². The van der Waals surface area contributed by atoms with Crippen LogP contribution in [0.15, 0.2) is 42.5 Å². The zero-order valence-corrected chi connectivity index (χ0v) is 14.6. The van der Waals surface area contributed by atoms with Gasteiger partial charge in [0.05, 0.1) is 11.6 Å². The fourth-order valence-corrected chi connectivity index (χ4v) is 3.36. The number of anilines is 1. The molecule has 2 aliphatic heterocycles.